The Labute approximate surface area is 183 Å². The van der Waals surface area contributed by atoms with Gasteiger partial charge in [0.1, 0.15) is 30.2 Å². The molecule has 0 amide bonds. The maximum atomic E-state index is 12.9. The predicted molar refractivity (Wildman–Crippen MR) is 119 cm³/mol. The highest BCUT2D eigenvalue weighted by atomic mass is 19.1. The molecule has 0 bridgehead atoms. The summed E-state index contributed by atoms with van der Waals surface area (Å²) >= 11 is 0. The summed E-state index contributed by atoms with van der Waals surface area (Å²) in [6.07, 6.45) is 8.73. The van der Waals surface area contributed by atoms with E-state index in [2.05, 4.69) is 25.0 Å². The van der Waals surface area contributed by atoms with Crippen molar-refractivity contribution in [2.24, 2.45) is 0 Å². The van der Waals surface area contributed by atoms with Crippen LogP contribution in [0.3, 0.4) is 0 Å². The maximum absolute atomic E-state index is 12.9. The van der Waals surface area contributed by atoms with Crippen molar-refractivity contribution in [3.05, 3.63) is 85.3 Å². The number of alkyl halides is 1. The summed E-state index contributed by atoms with van der Waals surface area (Å²) in [5.41, 5.74) is 5.12. The molecule has 1 aromatic carbocycles. The number of halogens is 1. The monoisotopic (exact) mass is 426 g/mol. The van der Waals surface area contributed by atoms with Gasteiger partial charge in [0.05, 0.1) is 18.3 Å². The highest BCUT2D eigenvalue weighted by Crippen LogP contribution is 2.31. The first-order chi connectivity index (χ1) is 15.8. The highest BCUT2D eigenvalue weighted by Gasteiger charge is 2.13. The number of aromatic nitrogens is 6. The number of benzene rings is 1. The second-order valence-electron chi connectivity index (χ2n) is 7.09. The van der Waals surface area contributed by atoms with Crippen molar-refractivity contribution < 1.29 is 9.13 Å². The highest BCUT2D eigenvalue weighted by molar-refractivity contribution is 5.80. The van der Waals surface area contributed by atoms with E-state index in [0.29, 0.717) is 11.6 Å². The van der Waals surface area contributed by atoms with Crippen molar-refractivity contribution in [1.29, 1.82) is 0 Å². The minimum Gasteiger partial charge on any atom is -0.486 e. The standard InChI is InChI=1S/C24H19FN6O/c25-9-13-31-15-20(17-7-11-26-12-8-17)24(30-31)18-3-5-19(6-4-18)32-16-23-28-14-22-21(29-23)2-1-10-27-22/h1-8,10-12,14-15H,9,13,16H2. The lowest BCUT2D eigenvalue weighted by atomic mass is 10.0. The smallest absolute Gasteiger partial charge is 0.166 e. The van der Waals surface area contributed by atoms with Crippen LogP contribution in [-0.4, -0.2) is 36.4 Å². The van der Waals surface area contributed by atoms with Gasteiger partial charge in [0, 0.05) is 35.9 Å². The van der Waals surface area contributed by atoms with E-state index in [9.17, 15) is 4.39 Å². The van der Waals surface area contributed by atoms with Gasteiger partial charge in [0.2, 0.25) is 0 Å². The van der Waals surface area contributed by atoms with Gasteiger partial charge >= 0.3 is 0 Å². The Kier molecular flexibility index (Phi) is 5.48. The predicted octanol–water partition coefficient (Wildman–Crippen LogP) is 4.50. The Balaban J connectivity index is 1.36. The fraction of sp³-hybridized carbons (Fsp3) is 0.125. The number of rotatable bonds is 7. The molecule has 0 aliphatic carbocycles. The number of fused-ring (bicyclic) bond motifs is 1. The van der Waals surface area contributed by atoms with Crippen LogP contribution >= 0.6 is 0 Å². The lowest BCUT2D eigenvalue weighted by molar-refractivity contribution is 0.296. The van der Waals surface area contributed by atoms with E-state index in [4.69, 9.17) is 4.74 Å². The molecule has 5 aromatic rings. The molecule has 32 heavy (non-hydrogen) atoms. The molecule has 0 radical (unpaired) electrons. The number of pyridine rings is 2. The van der Waals surface area contributed by atoms with E-state index < -0.39 is 6.67 Å². The van der Waals surface area contributed by atoms with Crippen LogP contribution in [0, 0.1) is 0 Å². The lowest BCUT2D eigenvalue weighted by Crippen LogP contribution is -2.02. The Morgan fingerprint density at radius 1 is 0.875 bits per heavy atom. The van der Waals surface area contributed by atoms with Gasteiger partial charge in [-0.2, -0.15) is 5.10 Å². The van der Waals surface area contributed by atoms with E-state index in [1.165, 1.54) is 0 Å². The summed E-state index contributed by atoms with van der Waals surface area (Å²) in [7, 11) is 0. The van der Waals surface area contributed by atoms with Gasteiger partial charge < -0.3 is 4.74 Å². The van der Waals surface area contributed by atoms with Crippen LogP contribution in [-0.2, 0) is 13.2 Å². The quantitative estimate of drug-likeness (QED) is 0.381. The zero-order valence-corrected chi connectivity index (χ0v) is 17.1. The van der Waals surface area contributed by atoms with Gasteiger partial charge in [-0.05, 0) is 54.1 Å². The second kappa shape index (κ2) is 8.89. The van der Waals surface area contributed by atoms with Crippen LogP contribution < -0.4 is 4.74 Å². The third kappa shape index (κ3) is 4.15. The van der Waals surface area contributed by atoms with Gasteiger partial charge in [-0.15, -0.1) is 0 Å². The summed E-state index contributed by atoms with van der Waals surface area (Å²) in [4.78, 5) is 17.1. The van der Waals surface area contributed by atoms with Crippen LogP contribution in [0.4, 0.5) is 4.39 Å². The average Bonchev–Trinajstić information content (AvgIpc) is 3.28. The number of hydrogen-bond acceptors (Lipinski definition) is 6. The average molecular weight is 426 g/mol. The molecular formula is C24H19FN6O. The van der Waals surface area contributed by atoms with Gasteiger partial charge in [-0.25, -0.2) is 14.4 Å². The first-order valence-electron chi connectivity index (χ1n) is 10.1. The molecule has 158 valence electrons. The number of nitrogens with zero attached hydrogens (tertiary/aromatic N) is 6. The molecule has 0 N–H and O–H groups in total. The third-order valence-electron chi connectivity index (χ3n) is 4.96. The number of aryl methyl sites for hydroxylation is 1. The van der Waals surface area contributed by atoms with Crippen molar-refractivity contribution >= 4 is 11.0 Å². The van der Waals surface area contributed by atoms with E-state index >= 15 is 0 Å². The van der Waals surface area contributed by atoms with E-state index in [0.717, 1.165) is 33.4 Å². The van der Waals surface area contributed by atoms with E-state index in [-0.39, 0.29) is 13.2 Å². The topological polar surface area (TPSA) is 78.6 Å². The zero-order valence-electron chi connectivity index (χ0n) is 17.1. The molecule has 0 aliphatic heterocycles. The normalized spacial score (nSPS) is 11.0. The van der Waals surface area contributed by atoms with Crippen LogP contribution in [0.5, 0.6) is 5.75 Å². The van der Waals surface area contributed by atoms with Gasteiger partial charge in [-0.1, -0.05) is 0 Å². The van der Waals surface area contributed by atoms with E-state index in [1.54, 1.807) is 29.5 Å². The Morgan fingerprint density at radius 2 is 1.72 bits per heavy atom. The number of hydrogen-bond donors (Lipinski definition) is 0. The van der Waals surface area contributed by atoms with Crippen molar-refractivity contribution in [1.82, 2.24) is 29.7 Å². The Morgan fingerprint density at radius 3 is 2.53 bits per heavy atom. The molecule has 0 aliphatic rings. The minimum atomic E-state index is -0.476. The first kappa shape index (κ1) is 19.7. The summed E-state index contributed by atoms with van der Waals surface area (Å²) in [6, 6.07) is 15.2. The molecule has 8 heteroatoms. The fourth-order valence-electron chi connectivity index (χ4n) is 3.41. The molecule has 0 saturated heterocycles. The van der Waals surface area contributed by atoms with Crippen molar-refractivity contribution in [2.75, 3.05) is 6.67 Å². The SMILES string of the molecule is FCCn1cc(-c2ccncc2)c(-c2ccc(OCc3ncc4ncccc4n3)cc2)n1. The molecule has 4 heterocycles. The van der Waals surface area contributed by atoms with Crippen molar-refractivity contribution in [2.45, 2.75) is 13.2 Å². The largest absolute Gasteiger partial charge is 0.486 e. The second-order valence-corrected chi connectivity index (χ2v) is 7.09. The van der Waals surface area contributed by atoms with Crippen LogP contribution in [0.1, 0.15) is 5.82 Å². The van der Waals surface area contributed by atoms with Crippen LogP contribution in [0.2, 0.25) is 0 Å². The molecule has 0 spiro atoms. The van der Waals surface area contributed by atoms with Gasteiger partial charge in [0.25, 0.3) is 0 Å². The summed E-state index contributed by atoms with van der Waals surface area (Å²) < 4.78 is 20.4. The summed E-state index contributed by atoms with van der Waals surface area (Å²) in [5.74, 6) is 1.27. The fourth-order valence-corrected chi connectivity index (χ4v) is 3.41. The molecular weight excluding hydrogens is 407 g/mol. The zero-order chi connectivity index (χ0) is 21.8. The Bertz CT molecular complexity index is 1340. The van der Waals surface area contributed by atoms with Crippen molar-refractivity contribution in [3.8, 4) is 28.1 Å². The molecule has 7 nitrogen and oxygen atoms in total. The molecule has 0 fully saturated rings. The van der Waals surface area contributed by atoms with Crippen LogP contribution in [0.25, 0.3) is 33.4 Å². The van der Waals surface area contributed by atoms with Gasteiger partial charge in [0.15, 0.2) is 5.82 Å². The minimum absolute atomic E-state index is 0.209. The lowest BCUT2D eigenvalue weighted by Gasteiger charge is -2.07. The summed E-state index contributed by atoms with van der Waals surface area (Å²) in [5, 5.41) is 4.59. The molecule has 0 atom stereocenters. The molecule has 4 aromatic heterocycles. The van der Waals surface area contributed by atoms with E-state index in [1.807, 2.05) is 54.7 Å². The molecule has 0 saturated carbocycles. The maximum Gasteiger partial charge on any atom is 0.166 e. The molecule has 5 rings (SSSR count). The first-order valence-corrected chi connectivity index (χ1v) is 10.1. The Hall–Kier alpha value is -4.20. The van der Waals surface area contributed by atoms with Crippen molar-refractivity contribution in [3.63, 3.8) is 0 Å². The third-order valence-corrected chi connectivity index (χ3v) is 4.96. The van der Waals surface area contributed by atoms with Crippen LogP contribution in [0.15, 0.2) is 79.5 Å². The number of ether oxygens (including phenoxy) is 1. The summed E-state index contributed by atoms with van der Waals surface area (Å²) in [6.45, 7) is -0.0191. The van der Waals surface area contributed by atoms with Gasteiger partial charge in [-0.3, -0.25) is 14.6 Å². The molecule has 0 unspecified atom stereocenters.